The minimum atomic E-state index is -0.175. The number of anilines is 1. The summed E-state index contributed by atoms with van der Waals surface area (Å²) >= 11 is 0. The SMILES string of the molecule is CC=COc1ccc2c(c1OC)-c1ccc3c(c1C(C=CC)O2)C(C)=CC(C)(C)N3. The number of benzene rings is 2. The molecule has 0 saturated carbocycles. The van der Waals surface area contributed by atoms with Crippen LogP contribution in [0.2, 0.25) is 0 Å². The van der Waals surface area contributed by atoms with Crippen molar-refractivity contribution in [3.8, 4) is 28.4 Å². The number of rotatable bonds is 4. The lowest BCUT2D eigenvalue weighted by atomic mass is 9.81. The van der Waals surface area contributed by atoms with Gasteiger partial charge in [0, 0.05) is 16.8 Å². The Morgan fingerprint density at radius 1 is 1.07 bits per heavy atom. The van der Waals surface area contributed by atoms with E-state index < -0.39 is 0 Å². The third-order valence-electron chi connectivity index (χ3n) is 5.47. The predicted octanol–water partition coefficient (Wildman–Crippen LogP) is 6.89. The third-order valence-corrected chi connectivity index (χ3v) is 5.47. The first-order valence-electron chi connectivity index (χ1n) is 10.3. The van der Waals surface area contributed by atoms with Crippen LogP contribution in [0.1, 0.15) is 51.8 Å². The van der Waals surface area contributed by atoms with E-state index in [1.807, 2.05) is 38.1 Å². The maximum atomic E-state index is 6.47. The van der Waals surface area contributed by atoms with Crippen molar-refractivity contribution >= 4 is 11.3 Å². The van der Waals surface area contributed by atoms with Gasteiger partial charge in [-0.1, -0.05) is 24.3 Å². The highest BCUT2D eigenvalue weighted by atomic mass is 16.5. The average molecular weight is 404 g/mol. The van der Waals surface area contributed by atoms with Gasteiger partial charge in [-0.15, -0.1) is 0 Å². The summed E-state index contributed by atoms with van der Waals surface area (Å²) in [6.07, 6.45) is 9.75. The van der Waals surface area contributed by atoms with Crippen molar-refractivity contribution in [1.29, 1.82) is 0 Å². The summed E-state index contributed by atoms with van der Waals surface area (Å²) in [6.45, 7) is 10.5. The first-order valence-corrected chi connectivity index (χ1v) is 10.3. The van der Waals surface area contributed by atoms with E-state index in [1.165, 1.54) is 11.1 Å². The van der Waals surface area contributed by atoms with Crippen LogP contribution in [0.15, 0.2) is 54.8 Å². The number of hydrogen-bond acceptors (Lipinski definition) is 4. The lowest BCUT2D eigenvalue weighted by Crippen LogP contribution is -2.32. The molecule has 0 saturated heterocycles. The lowest BCUT2D eigenvalue weighted by molar-refractivity contribution is 0.249. The Morgan fingerprint density at radius 3 is 2.57 bits per heavy atom. The summed E-state index contributed by atoms with van der Waals surface area (Å²) in [7, 11) is 1.67. The second kappa shape index (κ2) is 7.60. The first kappa shape index (κ1) is 20.1. The van der Waals surface area contributed by atoms with E-state index in [1.54, 1.807) is 13.4 Å². The molecule has 156 valence electrons. The van der Waals surface area contributed by atoms with Gasteiger partial charge in [-0.05, 0) is 70.0 Å². The minimum absolute atomic E-state index is 0.0972. The van der Waals surface area contributed by atoms with E-state index >= 15 is 0 Å². The van der Waals surface area contributed by atoms with Crippen molar-refractivity contribution in [2.45, 2.75) is 46.3 Å². The predicted molar refractivity (Wildman–Crippen MR) is 123 cm³/mol. The Bertz CT molecular complexity index is 1080. The van der Waals surface area contributed by atoms with Gasteiger partial charge in [0.25, 0.3) is 0 Å². The monoisotopic (exact) mass is 403 g/mol. The number of nitrogens with one attached hydrogen (secondary N) is 1. The van der Waals surface area contributed by atoms with Gasteiger partial charge in [-0.3, -0.25) is 0 Å². The molecule has 1 unspecified atom stereocenters. The fourth-order valence-corrected chi connectivity index (χ4v) is 4.50. The molecule has 2 aromatic rings. The summed E-state index contributed by atoms with van der Waals surface area (Å²) in [5.74, 6) is 2.13. The van der Waals surface area contributed by atoms with Gasteiger partial charge in [-0.25, -0.2) is 0 Å². The molecule has 4 rings (SSSR count). The van der Waals surface area contributed by atoms with Crippen LogP contribution in [0.25, 0.3) is 16.7 Å². The van der Waals surface area contributed by atoms with Crippen LogP contribution in [0.3, 0.4) is 0 Å². The summed E-state index contributed by atoms with van der Waals surface area (Å²) < 4.78 is 18.1. The number of hydrogen-bond donors (Lipinski definition) is 1. The standard InChI is InChI=1S/C26H29NO3/c1-7-9-19-23-17(10-11-18-22(23)16(3)15-26(4,5)27-18)24-20(30-19)12-13-21(25(24)28-6)29-14-8-2/h7-15,19,27H,1-6H3. The van der Waals surface area contributed by atoms with E-state index in [0.717, 1.165) is 28.1 Å². The molecular weight excluding hydrogens is 374 g/mol. The molecule has 4 nitrogen and oxygen atoms in total. The summed E-state index contributed by atoms with van der Waals surface area (Å²) in [6, 6.07) is 8.17. The van der Waals surface area contributed by atoms with Crippen molar-refractivity contribution in [1.82, 2.24) is 0 Å². The number of allylic oxidation sites excluding steroid dienone is 3. The van der Waals surface area contributed by atoms with E-state index in [0.29, 0.717) is 11.5 Å². The molecule has 0 fully saturated rings. The van der Waals surface area contributed by atoms with E-state index in [4.69, 9.17) is 14.2 Å². The van der Waals surface area contributed by atoms with Crippen molar-refractivity contribution in [3.63, 3.8) is 0 Å². The number of fused-ring (bicyclic) bond motifs is 5. The van der Waals surface area contributed by atoms with Crippen LogP contribution < -0.4 is 19.5 Å². The van der Waals surface area contributed by atoms with Crippen LogP contribution in [0, 0.1) is 0 Å². The Hall–Kier alpha value is -3.14. The van der Waals surface area contributed by atoms with Crippen LogP contribution in [-0.4, -0.2) is 12.6 Å². The van der Waals surface area contributed by atoms with Gasteiger partial charge in [0.2, 0.25) is 0 Å². The molecule has 1 atom stereocenters. The molecule has 0 spiro atoms. The minimum Gasteiger partial charge on any atom is -0.492 e. The molecule has 2 aliphatic heterocycles. The van der Waals surface area contributed by atoms with Gasteiger partial charge in [0.05, 0.1) is 24.5 Å². The van der Waals surface area contributed by atoms with Crippen molar-refractivity contribution in [2.75, 3.05) is 12.4 Å². The Balaban J connectivity index is 2.01. The van der Waals surface area contributed by atoms with E-state index in [9.17, 15) is 0 Å². The summed E-state index contributed by atoms with van der Waals surface area (Å²) in [5, 5.41) is 3.65. The van der Waals surface area contributed by atoms with Gasteiger partial charge < -0.3 is 19.5 Å². The fourth-order valence-electron chi connectivity index (χ4n) is 4.50. The largest absolute Gasteiger partial charge is 0.492 e. The third kappa shape index (κ3) is 3.26. The highest BCUT2D eigenvalue weighted by molar-refractivity contribution is 5.92. The molecule has 0 aliphatic carbocycles. The van der Waals surface area contributed by atoms with Crippen LogP contribution in [0.4, 0.5) is 5.69 Å². The molecule has 2 aliphatic rings. The molecule has 2 heterocycles. The van der Waals surface area contributed by atoms with E-state index in [-0.39, 0.29) is 11.6 Å². The molecule has 0 radical (unpaired) electrons. The van der Waals surface area contributed by atoms with Gasteiger partial charge in [0.15, 0.2) is 11.5 Å². The smallest absolute Gasteiger partial charge is 0.172 e. The Kier molecular flexibility index (Phi) is 5.10. The highest BCUT2D eigenvalue weighted by Gasteiger charge is 2.34. The maximum Gasteiger partial charge on any atom is 0.172 e. The molecule has 1 N–H and O–H groups in total. The van der Waals surface area contributed by atoms with Crippen molar-refractivity contribution in [2.24, 2.45) is 0 Å². The molecule has 0 aromatic heterocycles. The van der Waals surface area contributed by atoms with Crippen molar-refractivity contribution in [3.05, 3.63) is 66.0 Å². The maximum absolute atomic E-state index is 6.47. The number of ether oxygens (including phenoxy) is 3. The Morgan fingerprint density at radius 2 is 1.87 bits per heavy atom. The molecule has 4 heteroatoms. The summed E-state index contributed by atoms with van der Waals surface area (Å²) in [4.78, 5) is 0. The fraction of sp³-hybridized carbons (Fsp3) is 0.308. The zero-order chi connectivity index (χ0) is 21.5. The van der Waals surface area contributed by atoms with Crippen molar-refractivity contribution < 1.29 is 14.2 Å². The Labute approximate surface area is 178 Å². The van der Waals surface area contributed by atoms with Crippen LogP contribution >= 0.6 is 0 Å². The van der Waals surface area contributed by atoms with Gasteiger partial charge in [0.1, 0.15) is 11.9 Å². The summed E-state index contributed by atoms with van der Waals surface area (Å²) in [5.41, 5.74) is 6.65. The molecule has 0 bridgehead atoms. The zero-order valence-electron chi connectivity index (χ0n) is 18.5. The van der Waals surface area contributed by atoms with Crippen LogP contribution in [-0.2, 0) is 0 Å². The molecule has 0 amide bonds. The second-order valence-electron chi connectivity index (χ2n) is 8.24. The molecule has 2 aromatic carbocycles. The molecule has 30 heavy (non-hydrogen) atoms. The topological polar surface area (TPSA) is 39.7 Å². The van der Waals surface area contributed by atoms with Gasteiger partial charge >= 0.3 is 0 Å². The van der Waals surface area contributed by atoms with Crippen LogP contribution in [0.5, 0.6) is 17.2 Å². The quantitative estimate of drug-likeness (QED) is 0.446. The number of methoxy groups -OCH3 is 1. The van der Waals surface area contributed by atoms with Gasteiger partial charge in [-0.2, -0.15) is 0 Å². The highest BCUT2D eigenvalue weighted by Crippen LogP contribution is 2.54. The second-order valence-corrected chi connectivity index (χ2v) is 8.24. The normalized spacial score (nSPS) is 18.7. The average Bonchev–Trinajstić information content (AvgIpc) is 2.70. The molecular formula is C26H29NO3. The van der Waals surface area contributed by atoms with E-state index in [2.05, 4.69) is 50.4 Å². The lowest BCUT2D eigenvalue weighted by Gasteiger charge is -2.36. The first-order chi connectivity index (χ1) is 14.4. The zero-order valence-corrected chi connectivity index (χ0v) is 18.5.